The fourth-order valence-corrected chi connectivity index (χ4v) is 3.28. The van der Waals surface area contributed by atoms with Gasteiger partial charge in [0.15, 0.2) is 0 Å². The van der Waals surface area contributed by atoms with Crippen LogP contribution in [0, 0.1) is 5.41 Å². The monoisotopic (exact) mass is 374 g/mol. The maximum absolute atomic E-state index is 12.5. The van der Waals surface area contributed by atoms with E-state index in [9.17, 15) is 14.4 Å². The Hall–Kier alpha value is -2.87. The molecule has 0 radical (unpaired) electrons. The van der Waals surface area contributed by atoms with Crippen LogP contribution in [-0.4, -0.2) is 45.4 Å². The van der Waals surface area contributed by atoms with Gasteiger partial charge in [-0.1, -0.05) is 19.9 Å². The van der Waals surface area contributed by atoms with E-state index in [1.54, 1.807) is 17.0 Å². The summed E-state index contributed by atoms with van der Waals surface area (Å²) >= 11 is 0. The summed E-state index contributed by atoms with van der Waals surface area (Å²) < 4.78 is 15.2. The number of anilines is 2. The molecule has 0 saturated heterocycles. The van der Waals surface area contributed by atoms with Gasteiger partial charge < -0.3 is 24.4 Å². The Bertz CT molecular complexity index is 843. The molecule has 0 aliphatic carbocycles. The zero-order chi connectivity index (χ0) is 19.8. The highest BCUT2D eigenvalue weighted by atomic mass is 16.5. The number of hydrogen-bond acceptors (Lipinski definition) is 7. The molecule has 0 aromatic heterocycles. The van der Waals surface area contributed by atoms with Crippen molar-refractivity contribution in [2.75, 3.05) is 37.8 Å². The molecule has 8 nitrogen and oxygen atoms in total. The molecule has 27 heavy (non-hydrogen) atoms. The molecule has 1 aromatic carbocycles. The van der Waals surface area contributed by atoms with Gasteiger partial charge in [-0.3, -0.25) is 4.79 Å². The van der Waals surface area contributed by atoms with Crippen LogP contribution in [0.1, 0.15) is 19.4 Å². The number of esters is 2. The van der Waals surface area contributed by atoms with Crippen LogP contribution in [0.4, 0.5) is 11.4 Å². The largest absolute Gasteiger partial charge is 0.466 e. The van der Waals surface area contributed by atoms with Crippen LogP contribution in [0.25, 0.3) is 0 Å². The molecule has 0 bridgehead atoms. The summed E-state index contributed by atoms with van der Waals surface area (Å²) in [5.74, 6) is -1.38. The van der Waals surface area contributed by atoms with Crippen LogP contribution < -0.4 is 10.2 Å². The molecule has 0 saturated carbocycles. The average Bonchev–Trinajstić information content (AvgIpc) is 2.66. The minimum absolute atomic E-state index is 0.0507. The molecule has 8 heteroatoms. The van der Waals surface area contributed by atoms with E-state index in [1.807, 2.05) is 19.9 Å². The van der Waals surface area contributed by atoms with Crippen molar-refractivity contribution in [3.8, 4) is 0 Å². The van der Waals surface area contributed by atoms with Gasteiger partial charge in [0.25, 0.3) is 0 Å². The van der Waals surface area contributed by atoms with E-state index >= 15 is 0 Å². The Morgan fingerprint density at radius 3 is 2.56 bits per heavy atom. The molecule has 1 aromatic rings. The van der Waals surface area contributed by atoms with Crippen molar-refractivity contribution in [2.24, 2.45) is 5.41 Å². The maximum Gasteiger partial charge on any atom is 0.355 e. The van der Waals surface area contributed by atoms with Gasteiger partial charge in [0.2, 0.25) is 5.91 Å². The number of nitrogens with zero attached hydrogens (tertiary/aromatic N) is 1. The molecule has 3 rings (SSSR count). The van der Waals surface area contributed by atoms with Gasteiger partial charge in [0.05, 0.1) is 26.4 Å². The van der Waals surface area contributed by atoms with Crippen LogP contribution in [0.15, 0.2) is 29.5 Å². The molecule has 2 aliphatic rings. The van der Waals surface area contributed by atoms with E-state index in [1.165, 1.54) is 14.2 Å². The van der Waals surface area contributed by atoms with E-state index in [0.29, 0.717) is 17.8 Å². The van der Waals surface area contributed by atoms with Crippen molar-refractivity contribution in [1.29, 1.82) is 0 Å². The van der Waals surface area contributed by atoms with Crippen LogP contribution in [-0.2, 0) is 35.0 Å². The second-order valence-corrected chi connectivity index (χ2v) is 7.03. The van der Waals surface area contributed by atoms with Crippen LogP contribution in [0.2, 0.25) is 0 Å². The Morgan fingerprint density at radius 2 is 1.89 bits per heavy atom. The molecule has 0 spiro atoms. The number of hydrogen-bond donors (Lipinski definition) is 1. The van der Waals surface area contributed by atoms with Crippen LogP contribution in [0.5, 0.6) is 0 Å². The zero-order valence-electron chi connectivity index (χ0n) is 15.8. The Kier molecular flexibility index (Phi) is 4.93. The topological polar surface area (TPSA) is 94.2 Å². The quantitative estimate of drug-likeness (QED) is 0.803. The van der Waals surface area contributed by atoms with Gasteiger partial charge in [-0.2, -0.15) is 0 Å². The Labute approximate surface area is 157 Å². The Morgan fingerprint density at radius 1 is 1.19 bits per heavy atom. The minimum Gasteiger partial charge on any atom is -0.466 e. The van der Waals surface area contributed by atoms with Crippen molar-refractivity contribution >= 4 is 29.2 Å². The van der Waals surface area contributed by atoms with E-state index in [4.69, 9.17) is 14.2 Å². The molecule has 1 N–H and O–H groups in total. The molecular weight excluding hydrogens is 352 g/mol. The summed E-state index contributed by atoms with van der Waals surface area (Å²) in [7, 11) is 2.49. The summed E-state index contributed by atoms with van der Waals surface area (Å²) in [6.07, 6.45) is 0.475. The van der Waals surface area contributed by atoms with E-state index in [-0.39, 0.29) is 30.5 Å². The van der Waals surface area contributed by atoms with Gasteiger partial charge in [-0.05, 0) is 18.6 Å². The van der Waals surface area contributed by atoms with Gasteiger partial charge in [-0.25, -0.2) is 9.59 Å². The first-order chi connectivity index (χ1) is 12.8. The third-order valence-electron chi connectivity index (χ3n) is 4.76. The molecule has 1 amide bonds. The third-order valence-corrected chi connectivity index (χ3v) is 4.76. The number of rotatable bonds is 3. The van der Waals surface area contributed by atoms with Gasteiger partial charge in [0, 0.05) is 22.4 Å². The average molecular weight is 374 g/mol. The fraction of sp³-hybridized carbons (Fsp3) is 0.421. The third kappa shape index (κ3) is 3.28. The maximum atomic E-state index is 12.5. The van der Waals surface area contributed by atoms with E-state index in [0.717, 1.165) is 5.56 Å². The Balaban J connectivity index is 2.16. The molecule has 0 unspecified atom stereocenters. The standard InChI is InChI=1S/C19H22N2O6/c1-19(2)8-11-13(20-18(19)24)6-5-7-14(11)21-10-27-9-12(16(22)25-3)15(21)17(23)26-4/h5-7H,8-10H2,1-4H3,(H,20,24). The summed E-state index contributed by atoms with van der Waals surface area (Å²) in [6, 6.07) is 5.40. The normalized spacial score (nSPS) is 18.5. The second kappa shape index (κ2) is 7.03. The van der Waals surface area contributed by atoms with Crippen molar-refractivity contribution in [3.63, 3.8) is 0 Å². The van der Waals surface area contributed by atoms with Crippen molar-refractivity contribution in [1.82, 2.24) is 0 Å². The summed E-state index contributed by atoms with van der Waals surface area (Å²) in [6.45, 7) is 3.72. The number of nitrogens with one attached hydrogen (secondary N) is 1. The van der Waals surface area contributed by atoms with Crippen LogP contribution in [0.3, 0.4) is 0 Å². The second-order valence-electron chi connectivity index (χ2n) is 7.03. The number of benzene rings is 1. The van der Waals surface area contributed by atoms with Crippen molar-refractivity contribution in [2.45, 2.75) is 20.3 Å². The van der Waals surface area contributed by atoms with E-state index in [2.05, 4.69) is 5.32 Å². The lowest BCUT2D eigenvalue weighted by Crippen LogP contribution is -2.41. The fourth-order valence-electron chi connectivity index (χ4n) is 3.28. The van der Waals surface area contributed by atoms with Gasteiger partial charge in [-0.15, -0.1) is 0 Å². The highest BCUT2D eigenvalue weighted by Gasteiger charge is 2.38. The molecule has 144 valence electrons. The predicted octanol–water partition coefficient (Wildman–Crippen LogP) is 1.60. The highest BCUT2D eigenvalue weighted by molar-refractivity contribution is 6.04. The van der Waals surface area contributed by atoms with Crippen molar-refractivity contribution < 1.29 is 28.6 Å². The molecule has 0 atom stereocenters. The lowest BCUT2D eigenvalue weighted by atomic mass is 9.80. The predicted molar refractivity (Wildman–Crippen MR) is 96.9 cm³/mol. The first-order valence-electron chi connectivity index (χ1n) is 8.48. The summed E-state index contributed by atoms with van der Waals surface area (Å²) in [5, 5.41) is 2.90. The first-order valence-corrected chi connectivity index (χ1v) is 8.48. The molecular formula is C19H22N2O6. The SMILES string of the molecule is COC(=O)C1=C(C(=O)OC)N(c2cccc3c2CC(C)(C)C(=O)N3)COC1. The first kappa shape index (κ1) is 18.9. The number of ether oxygens (including phenoxy) is 3. The van der Waals surface area contributed by atoms with Crippen LogP contribution >= 0.6 is 0 Å². The minimum atomic E-state index is -0.657. The number of carbonyl (C=O) groups excluding carboxylic acids is 3. The number of methoxy groups -OCH3 is 2. The molecule has 2 aliphatic heterocycles. The van der Waals surface area contributed by atoms with Gasteiger partial charge >= 0.3 is 11.9 Å². The lowest BCUT2D eigenvalue weighted by molar-refractivity contribution is -0.140. The zero-order valence-corrected chi connectivity index (χ0v) is 15.8. The van der Waals surface area contributed by atoms with Gasteiger partial charge in [0.1, 0.15) is 12.4 Å². The highest BCUT2D eigenvalue weighted by Crippen LogP contribution is 2.40. The molecule has 2 heterocycles. The van der Waals surface area contributed by atoms with E-state index < -0.39 is 17.4 Å². The smallest absolute Gasteiger partial charge is 0.355 e. The lowest BCUT2D eigenvalue weighted by Gasteiger charge is -2.37. The summed E-state index contributed by atoms with van der Waals surface area (Å²) in [4.78, 5) is 38.5. The number of carbonyl (C=O) groups is 3. The summed E-state index contributed by atoms with van der Waals surface area (Å²) in [5.41, 5.74) is 1.76. The molecule has 0 fully saturated rings. The number of amides is 1. The number of fused-ring (bicyclic) bond motifs is 1. The van der Waals surface area contributed by atoms with Crippen molar-refractivity contribution in [3.05, 3.63) is 35.0 Å².